The molecule has 5 heteroatoms. The summed E-state index contributed by atoms with van der Waals surface area (Å²) in [4.78, 5) is 25.4. The molecule has 0 aromatic heterocycles. The van der Waals surface area contributed by atoms with Crippen molar-refractivity contribution in [2.45, 2.75) is 43.9 Å². The number of hydrogen-bond acceptors (Lipinski definition) is 5. The molecule has 2 aromatic rings. The number of thioether (sulfide) groups is 1. The molecule has 4 nitrogen and oxygen atoms in total. The largest absolute Gasteiger partial charge is 0.507 e. The molecule has 0 saturated carbocycles. The lowest BCUT2D eigenvalue weighted by Crippen LogP contribution is -2.11. The lowest BCUT2D eigenvalue weighted by Gasteiger charge is -2.12. The first kappa shape index (κ1) is 20.8. The molecule has 0 unspecified atom stereocenters. The second-order valence-electron chi connectivity index (χ2n) is 6.59. The summed E-state index contributed by atoms with van der Waals surface area (Å²) in [6.07, 6.45) is 2.95. The number of carbonyl (C=O) groups excluding carboxylic acids is 2. The van der Waals surface area contributed by atoms with Crippen molar-refractivity contribution in [3.63, 3.8) is 0 Å². The summed E-state index contributed by atoms with van der Waals surface area (Å²) in [5.41, 5.74) is 1.57. The van der Waals surface area contributed by atoms with Crippen LogP contribution in [0.1, 0.15) is 54.0 Å². The molecule has 0 radical (unpaired) electrons. The molecule has 2 aromatic carbocycles. The van der Waals surface area contributed by atoms with Crippen molar-refractivity contribution >= 4 is 29.6 Å². The van der Waals surface area contributed by atoms with Crippen molar-refractivity contribution in [2.24, 2.45) is 0 Å². The maximum atomic E-state index is 12.3. The zero-order chi connectivity index (χ0) is 20.0. The van der Waals surface area contributed by atoms with Crippen molar-refractivity contribution in [2.75, 3.05) is 0 Å². The van der Waals surface area contributed by atoms with Crippen molar-refractivity contribution in [1.29, 1.82) is 0 Å². The smallest absolute Gasteiger partial charge is 0.338 e. The molecule has 0 amide bonds. The van der Waals surface area contributed by atoms with Crippen LogP contribution < -0.4 is 0 Å². The molecule has 0 aliphatic rings. The van der Waals surface area contributed by atoms with E-state index in [1.54, 1.807) is 54.2 Å². The summed E-state index contributed by atoms with van der Waals surface area (Å²) >= 11 is 1.61. The van der Waals surface area contributed by atoms with Gasteiger partial charge < -0.3 is 9.84 Å². The highest BCUT2D eigenvalue weighted by atomic mass is 32.2. The number of phenolic OH excluding ortho intramolecular Hbond substituents is 1. The molecule has 0 spiro atoms. The number of ether oxygens (including phenoxy) is 1. The molecule has 27 heavy (non-hydrogen) atoms. The van der Waals surface area contributed by atoms with Gasteiger partial charge in [0.25, 0.3) is 0 Å². The van der Waals surface area contributed by atoms with Gasteiger partial charge in [-0.2, -0.15) is 0 Å². The van der Waals surface area contributed by atoms with Crippen molar-refractivity contribution in [3.05, 3.63) is 65.2 Å². The van der Waals surface area contributed by atoms with E-state index in [1.807, 2.05) is 13.8 Å². The zero-order valence-electron chi connectivity index (χ0n) is 15.9. The first-order chi connectivity index (χ1) is 12.8. The van der Waals surface area contributed by atoms with Gasteiger partial charge in [-0.15, -0.1) is 11.8 Å². The molecular formula is C22H24O4S. The van der Waals surface area contributed by atoms with Crippen LogP contribution >= 0.6 is 11.8 Å². The van der Waals surface area contributed by atoms with Gasteiger partial charge in [0, 0.05) is 10.1 Å². The molecule has 142 valence electrons. The van der Waals surface area contributed by atoms with Crippen LogP contribution in [-0.2, 0) is 4.74 Å². The summed E-state index contributed by atoms with van der Waals surface area (Å²) in [6, 6.07) is 11.7. The Morgan fingerprint density at radius 3 is 2.41 bits per heavy atom. The van der Waals surface area contributed by atoms with Crippen LogP contribution in [0.2, 0.25) is 0 Å². The fraction of sp³-hybridized carbons (Fsp3) is 0.273. The normalized spacial score (nSPS) is 11.3. The van der Waals surface area contributed by atoms with Crippen LogP contribution in [0.4, 0.5) is 0 Å². The number of phenols is 1. The molecule has 0 bridgehead atoms. The average molecular weight is 384 g/mol. The Morgan fingerprint density at radius 1 is 1.07 bits per heavy atom. The fourth-order valence-electron chi connectivity index (χ4n) is 2.37. The van der Waals surface area contributed by atoms with E-state index >= 15 is 0 Å². The molecule has 0 saturated heterocycles. The maximum absolute atomic E-state index is 12.3. The zero-order valence-corrected chi connectivity index (χ0v) is 16.7. The minimum Gasteiger partial charge on any atom is -0.507 e. The Morgan fingerprint density at radius 2 is 1.78 bits per heavy atom. The van der Waals surface area contributed by atoms with E-state index in [-0.39, 0.29) is 29.2 Å². The van der Waals surface area contributed by atoms with Crippen LogP contribution in [0, 0.1) is 0 Å². The Labute approximate surface area is 164 Å². The number of benzene rings is 2. The van der Waals surface area contributed by atoms with Crippen molar-refractivity contribution in [3.8, 4) is 5.75 Å². The van der Waals surface area contributed by atoms with Gasteiger partial charge in [0.1, 0.15) is 5.75 Å². The predicted molar refractivity (Wildman–Crippen MR) is 109 cm³/mol. The monoisotopic (exact) mass is 384 g/mol. The summed E-state index contributed by atoms with van der Waals surface area (Å²) < 4.78 is 5.26. The standard InChI is InChI=1S/C22H24O4S/c1-14(2)26-22(25)17-10-9-16(21(13-17)27-15(3)4)11-12-20(24)18-7-5-6-8-19(18)23/h5-15,23H,1-4H3/b12-11+. The quantitative estimate of drug-likeness (QED) is 0.302. The van der Waals surface area contributed by atoms with Crippen molar-refractivity contribution in [1.82, 2.24) is 0 Å². The van der Waals surface area contributed by atoms with Crippen LogP contribution in [-0.4, -0.2) is 28.2 Å². The fourth-order valence-corrected chi connectivity index (χ4v) is 3.35. The number of ketones is 1. The molecular weight excluding hydrogens is 360 g/mol. The SMILES string of the molecule is CC(C)OC(=O)c1ccc(/C=C/C(=O)c2ccccc2O)c(SC(C)C)c1. The lowest BCUT2D eigenvalue weighted by molar-refractivity contribution is 0.0377. The van der Waals surface area contributed by atoms with Gasteiger partial charge in [-0.05, 0) is 55.8 Å². The van der Waals surface area contributed by atoms with Gasteiger partial charge in [0.05, 0.1) is 17.2 Å². The maximum Gasteiger partial charge on any atom is 0.338 e. The molecule has 0 atom stereocenters. The number of esters is 1. The van der Waals surface area contributed by atoms with Gasteiger partial charge in [0.2, 0.25) is 0 Å². The number of para-hydroxylation sites is 1. The topological polar surface area (TPSA) is 63.6 Å². The molecule has 0 heterocycles. The summed E-state index contributed by atoms with van der Waals surface area (Å²) in [7, 11) is 0. The third-order valence-electron chi connectivity index (χ3n) is 3.54. The highest BCUT2D eigenvalue weighted by Gasteiger charge is 2.13. The van der Waals surface area contributed by atoms with E-state index in [4.69, 9.17) is 4.74 Å². The van der Waals surface area contributed by atoms with Crippen LogP contribution in [0.25, 0.3) is 6.08 Å². The van der Waals surface area contributed by atoms with E-state index in [9.17, 15) is 14.7 Å². The Balaban J connectivity index is 2.30. The van der Waals surface area contributed by atoms with E-state index in [1.165, 1.54) is 12.1 Å². The third kappa shape index (κ3) is 6.00. The number of aromatic hydroxyl groups is 1. The van der Waals surface area contributed by atoms with Gasteiger partial charge >= 0.3 is 5.97 Å². The van der Waals surface area contributed by atoms with Gasteiger partial charge in [-0.25, -0.2) is 4.79 Å². The second-order valence-corrected chi connectivity index (χ2v) is 8.21. The number of carbonyl (C=O) groups is 2. The summed E-state index contributed by atoms with van der Waals surface area (Å²) in [6.45, 7) is 7.74. The van der Waals surface area contributed by atoms with Crippen LogP contribution in [0.3, 0.4) is 0 Å². The van der Waals surface area contributed by atoms with E-state index in [0.29, 0.717) is 10.8 Å². The molecule has 0 aliphatic heterocycles. The average Bonchev–Trinajstić information content (AvgIpc) is 2.59. The number of hydrogen-bond donors (Lipinski definition) is 1. The lowest BCUT2D eigenvalue weighted by atomic mass is 10.1. The van der Waals surface area contributed by atoms with E-state index in [0.717, 1.165) is 10.5 Å². The number of rotatable bonds is 7. The number of allylic oxidation sites excluding steroid dienone is 1. The Kier molecular flexibility index (Phi) is 7.25. The van der Waals surface area contributed by atoms with E-state index in [2.05, 4.69) is 13.8 Å². The molecule has 0 aliphatic carbocycles. The van der Waals surface area contributed by atoms with E-state index < -0.39 is 0 Å². The van der Waals surface area contributed by atoms with Crippen molar-refractivity contribution < 1.29 is 19.4 Å². The highest BCUT2D eigenvalue weighted by molar-refractivity contribution is 8.00. The Bertz CT molecular complexity index is 853. The van der Waals surface area contributed by atoms with Crippen LogP contribution in [0.15, 0.2) is 53.4 Å². The minimum absolute atomic E-state index is 0.0456. The first-order valence-corrected chi connectivity index (χ1v) is 9.68. The first-order valence-electron chi connectivity index (χ1n) is 8.80. The highest BCUT2D eigenvalue weighted by Crippen LogP contribution is 2.29. The van der Waals surface area contributed by atoms with Crippen LogP contribution in [0.5, 0.6) is 5.75 Å². The van der Waals surface area contributed by atoms with Gasteiger partial charge in [-0.3, -0.25) is 4.79 Å². The minimum atomic E-state index is -0.364. The predicted octanol–water partition coefficient (Wildman–Crippen LogP) is 5.35. The molecule has 1 N–H and O–H groups in total. The summed E-state index contributed by atoms with van der Waals surface area (Å²) in [5, 5.41) is 10.1. The summed E-state index contributed by atoms with van der Waals surface area (Å²) in [5.74, 6) is -0.691. The Hall–Kier alpha value is -2.53. The second kappa shape index (κ2) is 9.42. The van der Waals surface area contributed by atoms with Gasteiger partial charge in [0.15, 0.2) is 5.78 Å². The third-order valence-corrected chi connectivity index (χ3v) is 4.62. The van der Waals surface area contributed by atoms with Gasteiger partial charge in [-0.1, -0.05) is 32.0 Å². The molecule has 2 rings (SSSR count). The molecule has 0 fully saturated rings.